The zero-order valence-corrected chi connectivity index (χ0v) is 24.0. The summed E-state index contributed by atoms with van der Waals surface area (Å²) in [5, 5.41) is 16.4. The van der Waals surface area contributed by atoms with Gasteiger partial charge in [-0.05, 0) is 73.8 Å². The Balaban J connectivity index is 1.34. The lowest BCUT2D eigenvalue weighted by Crippen LogP contribution is -2.07. The van der Waals surface area contributed by atoms with Crippen LogP contribution in [-0.2, 0) is 23.8 Å². The zero-order valence-electron chi connectivity index (χ0n) is 23.2. The van der Waals surface area contributed by atoms with E-state index in [1.165, 1.54) is 16.8 Å². The maximum absolute atomic E-state index is 13.2. The number of halogens is 4. The first-order valence-corrected chi connectivity index (χ1v) is 14.2. The fourth-order valence-electron chi connectivity index (χ4n) is 4.59. The third kappa shape index (κ3) is 7.48. The molecule has 0 fully saturated rings. The molecule has 226 valence electrons. The number of aromatic hydroxyl groups is 1. The summed E-state index contributed by atoms with van der Waals surface area (Å²) < 4.78 is 52.1. The molecule has 0 aliphatic heterocycles. The Morgan fingerprint density at radius 2 is 1.67 bits per heavy atom. The summed E-state index contributed by atoms with van der Waals surface area (Å²) in [4.78, 5) is 7.61. The van der Waals surface area contributed by atoms with Gasteiger partial charge in [0.1, 0.15) is 11.4 Å². The number of H-pyrrole nitrogens is 1. The SMILES string of the molecule is NCCCOCCCOc1ccc(CCc2c(-c3ccc(C(F)(F)F)cc3)nn(-c3nc4cc(Cl)ccc4[nH]3)c2O)cc1. The molecule has 0 saturated heterocycles. The van der Waals surface area contributed by atoms with Crippen molar-refractivity contribution < 1.29 is 27.8 Å². The van der Waals surface area contributed by atoms with Crippen LogP contribution in [0.4, 0.5) is 13.2 Å². The molecule has 0 unspecified atom stereocenters. The monoisotopic (exact) mass is 613 g/mol. The number of hydrogen-bond acceptors (Lipinski definition) is 6. The number of alkyl halides is 3. The largest absolute Gasteiger partial charge is 0.494 e. The molecular weight excluding hydrogens is 583 g/mol. The molecule has 0 atom stereocenters. The van der Waals surface area contributed by atoms with E-state index < -0.39 is 11.7 Å². The Morgan fingerprint density at radius 3 is 2.40 bits per heavy atom. The lowest BCUT2D eigenvalue weighted by atomic mass is 10.00. The predicted molar refractivity (Wildman–Crippen MR) is 159 cm³/mol. The molecule has 5 rings (SSSR count). The minimum atomic E-state index is -4.47. The van der Waals surface area contributed by atoms with Gasteiger partial charge >= 0.3 is 6.18 Å². The Hall–Kier alpha value is -4.06. The summed E-state index contributed by atoms with van der Waals surface area (Å²) in [6, 6.07) is 17.5. The zero-order chi connectivity index (χ0) is 30.4. The molecule has 5 aromatic rings. The number of imidazole rings is 1. The van der Waals surface area contributed by atoms with E-state index in [2.05, 4.69) is 15.1 Å². The minimum Gasteiger partial charge on any atom is -0.494 e. The number of nitrogens with zero attached hydrogens (tertiary/aromatic N) is 3. The van der Waals surface area contributed by atoms with E-state index in [9.17, 15) is 18.3 Å². The van der Waals surface area contributed by atoms with Crippen molar-refractivity contribution in [2.45, 2.75) is 31.9 Å². The molecule has 0 aliphatic rings. The van der Waals surface area contributed by atoms with E-state index in [-0.39, 0.29) is 11.8 Å². The molecule has 0 saturated carbocycles. The number of rotatable bonds is 13. The van der Waals surface area contributed by atoms with Crippen molar-refractivity contribution >= 4 is 22.6 Å². The first kappa shape index (κ1) is 30.4. The number of aryl methyl sites for hydroxylation is 1. The van der Waals surface area contributed by atoms with Crippen molar-refractivity contribution in [2.75, 3.05) is 26.4 Å². The van der Waals surface area contributed by atoms with Gasteiger partial charge in [0.05, 0.1) is 23.2 Å². The average molecular weight is 614 g/mol. The summed E-state index contributed by atoms with van der Waals surface area (Å²) in [5.41, 5.74) is 8.22. The molecule has 8 nitrogen and oxygen atoms in total. The van der Waals surface area contributed by atoms with Gasteiger partial charge in [0.2, 0.25) is 11.8 Å². The van der Waals surface area contributed by atoms with Crippen LogP contribution in [0.2, 0.25) is 5.02 Å². The van der Waals surface area contributed by atoms with Gasteiger partial charge in [0.25, 0.3) is 0 Å². The van der Waals surface area contributed by atoms with Crippen LogP contribution in [0.25, 0.3) is 28.2 Å². The summed E-state index contributed by atoms with van der Waals surface area (Å²) in [6.45, 7) is 2.39. The van der Waals surface area contributed by atoms with Gasteiger partial charge in [-0.3, -0.25) is 0 Å². The molecule has 0 radical (unpaired) electrons. The number of nitrogens with one attached hydrogen (secondary N) is 1. The quantitative estimate of drug-likeness (QED) is 0.127. The van der Waals surface area contributed by atoms with Crippen molar-refractivity contribution in [1.82, 2.24) is 19.7 Å². The minimum absolute atomic E-state index is 0.159. The summed E-state index contributed by atoms with van der Waals surface area (Å²) >= 11 is 6.10. The molecule has 2 aromatic heterocycles. The van der Waals surface area contributed by atoms with Crippen molar-refractivity contribution in [3.8, 4) is 28.8 Å². The van der Waals surface area contributed by atoms with Crippen LogP contribution in [0.5, 0.6) is 11.6 Å². The number of aromatic amines is 1. The van der Waals surface area contributed by atoms with Crippen LogP contribution in [0.15, 0.2) is 66.7 Å². The number of ether oxygens (including phenoxy) is 2. The third-order valence-electron chi connectivity index (χ3n) is 6.86. The van der Waals surface area contributed by atoms with Crippen molar-refractivity contribution in [1.29, 1.82) is 0 Å². The molecule has 4 N–H and O–H groups in total. The summed E-state index contributed by atoms with van der Waals surface area (Å²) in [7, 11) is 0. The van der Waals surface area contributed by atoms with E-state index in [0.717, 1.165) is 36.3 Å². The van der Waals surface area contributed by atoms with Crippen molar-refractivity contribution in [3.05, 3.63) is 88.4 Å². The fraction of sp³-hybridized carbons (Fsp3) is 0.290. The van der Waals surface area contributed by atoms with Crippen LogP contribution < -0.4 is 10.5 Å². The van der Waals surface area contributed by atoms with Crippen molar-refractivity contribution in [3.63, 3.8) is 0 Å². The Kier molecular flexibility index (Phi) is 9.54. The highest BCUT2D eigenvalue weighted by atomic mass is 35.5. The number of fused-ring (bicyclic) bond motifs is 1. The first-order chi connectivity index (χ1) is 20.7. The molecule has 3 aromatic carbocycles. The van der Waals surface area contributed by atoms with E-state index in [4.69, 9.17) is 26.8 Å². The van der Waals surface area contributed by atoms with Crippen LogP contribution in [0.1, 0.15) is 29.5 Å². The first-order valence-electron chi connectivity index (χ1n) is 13.9. The maximum atomic E-state index is 13.2. The Labute approximate surface area is 251 Å². The summed E-state index contributed by atoms with van der Waals surface area (Å²) in [6.07, 6.45) is -1.96. The average Bonchev–Trinajstić information content (AvgIpc) is 3.56. The number of benzene rings is 3. The van der Waals surface area contributed by atoms with E-state index in [1.807, 2.05) is 24.3 Å². The standard InChI is InChI=1S/C31H31ClF3N5O3/c32-23-10-14-26-27(19-23)38-30(37-26)40-29(41)25(28(39-40)21-6-8-22(9-7-21)31(33,34)35)13-5-20-3-11-24(12-4-20)43-18-2-17-42-16-1-15-36/h3-4,6-12,14,19,41H,1-2,5,13,15-18,36H2,(H,37,38). The number of nitrogens with two attached hydrogens (primary N) is 1. The number of hydrogen-bond donors (Lipinski definition) is 3. The summed E-state index contributed by atoms with van der Waals surface area (Å²) in [5.74, 6) is 0.825. The van der Waals surface area contributed by atoms with Gasteiger partial charge in [0.15, 0.2) is 0 Å². The fourth-order valence-corrected chi connectivity index (χ4v) is 4.76. The second-order valence-corrected chi connectivity index (χ2v) is 10.4. The van der Waals surface area contributed by atoms with Gasteiger partial charge in [0, 0.05) is 35.8 Å². The molecule has 12 heteroatoms. The van der Waals surface area contributed by atoms with Crippen LogP contribution >= 0.6 is 11.6 Å². The maximum Gasteiger partial charge on any atom is 0.416 e. The molecule has 43 heavy (non-hydrogen) atoms. The van der Waals surface area contributed by atoms with Crippen molar-refractivity contribution in [2.24, 2.45) is 5.73 Å². The molecule has 0 spiro atoms. The van der Waals surface area contributed by atoms with Gasteiger partial charge < -0.3 is 25.3 Å². The molecule has 2 heterocycles. The highest BCUT2D eigenvalue weighted by molar-refractivity contribution is 6.31. The van der Waals surface area contributed by atoms with Gasteiger partial charge in [-0.1, -0.05) is 35.9 Å². The number of aromatic nitrogens is 4. The predicted octanol–water partition coefficient (Wildman–Crippen LogP) is 6.71. The van der Waals surface area contributed by atoms with E-state index in [1.54, 1.807) is 18.2 Å². The van der Waals surface area contributed by atoms with E-state index in [0.29, 0.717) is 72.1 Å². The van der Waals surface area contributed by atoms with Crippen LogP contribution in [0.3, 0.4) is 0 Å². The van der Waals surface area contributed by atoms with E-state index >= 15 is 0 Å². The van der Waals surface area contributed by atoms with Gasteiger partial charge in [-0.15, -0.1) is 0 Å². The Morgan fingerprint density at radius 1 is 0.930 bits per heavy atom. The van der Waals surface area contributed by atoms with Gasteiger partial charge in [-0.25, -0.2) is 4.98 Å². The lowest BCUT2D eigenvalue weighted by Gasteiger charge is -2.09. The smallest absolute Gasteiger partial charge is 0.416 e. The molecule has 0 bridgehead atoms. The second kappa shape index (κ2) is 13.5. The van der Waals surface area contributed by atoms with Crippen LogP contribution in [-0.4, -0.2) is 51.2 Å². The lowest BCUT2D eigenvalue weighted by molar-refractivity contribution is -0.137. The molecule has 0 amide bonds. The molecule has 0 aliphatic carbocycles. The van der Waals surface area contributed by atoms with Gasteiger partial charge in [-0.2, -0.15) is 23.0 Å². The highest BCUT2D eigenvalue weighted by Gasteiger charge is 2.30. The second-order valence-electron chi connectivity index (χ2n) is 9.96. The molecular formula is C31H31ClF3N5O3. The normalized spacial score (nSPS) is 11.8. The Bertz CT molecular complexity index is 1650. The van der Waals surface area contributed by atoms with Crippen LogP contribution in [0, 0.1) is 0 Å². The third-order valence-corrected chi connectivity index (χ3v) is 7.09. The topological polar surface area (TPSA) is 111 Å². The highest BCUT2D eigenvalue weighted by Crippen LogP contribution is 2.35.